The van der Waals surface area contributed by atoms with E-state index in [9.17, 15) is 9.59 Å². The number of hydrogen-bond donors (Lipinski definition) is 0. The van der Waals surface area contributed by atoms with Gasteiger partial charge in [0, 0.05) is 18.2 Å². The van der Waals surface area contributed by atoms with E-state index in [1.807, 2.05) is 0 Å². The van der Waals surface area contributed by atoms with E-state index in [-0.39, 0.29) is 17.5 Å². The van der Waals surface area contributed by atoms with Gasteiger partial charge in [0.15, 0.2) is 5.12 Å². The van der Waals surface area contributed by atoms with E-state index in [1.54, 1.807) is 31.2 Å². The molecule has 3 nitrogen and oxygen atoms in total. The maximum Gasteiger partial charge on any atom is 0.334 e. The summed E-state index contributed by atoms with van der Waals surface area (Å²) in [7, 11) is 0. The van der Waals surface area contributed by atoms with Crippen molar-refractivity contribution < 1.29 is 14.3 Å². The van der Waals surface area contributed by atoms with Gasteiger partial charge in [0.2, 0.25) is 0 Å². The molecule has 0 atom stereocenters. The van der Waals surface area contributed by atoms with E-state index in [0.29, 0.717) is 21.2 Å². The molecule has 0 unspecified atom stereocenters. The summed E-state index contributed by atoms with van der Waals surface area (Å²) in [6.45, 7) is 3.43. The Morgan fingerprint density at radius 3 is 2.65 bits per heavy atom. The van der Waals surface area contributed by atoms with Crippen LogP contribution in [-0.4, -0.2) is 23.4 Å². The number of ether oxygens (including phenoxy) is 1. The van der Waals surface area contributed by atoms with Crippen molar-refractivity contribution in [3.8, 4) is 0 Å². The summed E-state index contributed by atoms with van der Waals surface area (Å²) >= 11 is 13.0. The van der Waals surface area contributed by atoms with E-state index < -0.39 is 5.97 Å². The molecule has 6 heteroatoms. The van der Waals surface area contributed by atoms with Crippen molar-refractivity contribution in [2.75, 3.05) is 12.4 Å². The molecule has 0 saturated heterocycles. The molecule has 0 fully saturated rings. The fraction of sp³-hybridized carbons (Fsp3) is 0.286. The van der Waals surface area contributed by atoms with Crippen LogP contribution in [0.3, 0.4) is 0 Å². The maximum atomic E-state index is 11.9. The van der Waals surface area contributed by atoms with Crippen LogP contribution in [0.2, 0.25) is 10.0 Å². The molecule has 1 aromatic carbocycles. The van der Waals surface area contributed by atoms with Gasteiger partial charge < -0.3 is 4.74 Å². The first-order valence-electron chi connectivity index (χ1n) is 5.90. The maximum absolute atomic E-state index is 11.9. The van der Waals surface area contributed by atoms with Gasteiger partial charge in [-0.2, -0.15) is 0 Å². The van der Waals surface area contributed by atoms with Crippen LogP contribution in [0.25, 0.3) is 6.08 Å². The van der Waals surface area contributed by atoms with Crippen molar-refractivity contribution in [3.05, 3.63) is 39.4 Å². The molecule has 1 aromatic rings. The normalized spacial score (nSPS) is 11.3. The average molecular weight is 333 g/mol. The zero-order valence-electron chi connectivity index (χ0n) is 11.1. The standard InChI is InChI=1S/C14H14Cl2O3S/c1-3-19-14(18)11(8-20-9(2)17)7-10-5-4-6-12(15)13(10)16/h4-7H,3,8H2,1-2H3/b11-7+. The minimum Gasteiger partial charge on any atom is -0.463 e. The lowest BCUT2D eigenvalue weighted by Gasteiger charge is -2.07. The highest BCUT2D eigenvalue weighted by molar-refractivity contribution is 8.13. The Balaban J connectivity index is 3.07. The summed E-state index contributed by atoms with van der Waals surface area (Å²) in [5.74, 6) is -0.228. The van der Waals surface area contributed by atoms with Gasteiger partial charge in [-0.1, -0.05) is 47.1 Å². The van der Waals surface area contributed by atoms with E-state index in [0.717, 1.165) is 11.8 Å². The second-order valence-corrected chi connectivity index (χ2v) is 5.75. The minimum absolute atomic E-state index is 0.0719. The largest absolute Gasteiger partial charge is 0.463 e. The third kappa shape index (κ3) is 5.19. The molecule has 0 heterocycles. The van der Waals surface area contributed by atoms with E-state index >= 15 is 0 Å². The van der Waals surface area contributed by atoms with Crippen LogP contribution in [0.5, 0.6) is 0 Å². The Morgan fingerprint density at radius 2 is 2.05 bits per heavy atom. The first-order chi connectivity index (χ1) is 9.45. The van der Waals surface area contributed by atoms with Gasteiger partial charge in [-0.3, -0.25) is 4.79 Å². The van der Waals surface area contributed by atoms with Crippen LogP contribution < -0.4 is 0 Å². The first-order valence-corrected chi connectivity index (χ1v) is 7.65. The molecule has 0 aliphatic rings. The zero-order valence-corrected chi connectivity index (χ0v) is 13.4. The lowest BCUT2D eigenvalue weighted by atomic mass is 10.1. The monoisotopic (exact) mass is 332 g/mol. The second kappa shape index (κ2) is 8.35. The highest BCUT2D eigenvalue weighted by Gasteiger charge is 2.13. The smallest absolute Gasteiger partial charge is 0.334 e. The number of thioether (sulfide) groups is 1. The molecule has 0 radical (unpaired) electrons. The number of esters is 1. The SMILES string of the molecule is CCOC(=O)/C(=C/c1cccc(Cl)c1Cl)CSC(C)=O. The fourth-order valence-electron chi connectivity index (χ4n) is 1.38. The summed E-state index contributed by atoms with van der Waals surface area (Å²) < 4.78 is 4.97. The summed E-state index contributed by atoms with van der Waals surface area (Å²) in [6.07, 6.45) is 1.60. The Kier molecular flexibility index (Phi) is 7.13. The highest BCUT2D eigenvalue weighted by Crippen LogP contribution is 2.28. The lowest BCUT2D eigenvalue weighted by molar-refractivity contribution is -0.138. The topological polar surface area (TPSA) is 43.4 Å². The minimum atomic E-state index is -0.461. The van der Waals surface area contributed by atoms with Gasteiger partial charge in [0.1, 0.15) is 0 Å². The van der Waals surface area contributed by atoms with Crippen molar-refractivity contribution in [3.63, 3.8) is 0 Å². The van der Waals surface area contributed by atoms with Crippen LogP contribution >= 0.6 is 35.0 Å². The molecule has 0 bridgehead atoms. The molecule has 0 saturated carbocycles. The molecule has 1 rings (SSSR count). The Bertz CT molecular complexity index is 541. The summed E-state index contributed by atoms with van der Waals surface area (Å²) in [5.41, 5.74) is 0.989. The number of hydrogen-bond acceptors (Lipinski definition) is 4. The van der Waals surface area contributed by atoms with E-state index in [1.165, 1.54) is 6.92 Å². The van der Waals surface area contributed by atoms with Crippen molar-refractivity contribution in [1.29, 1.82) is 0 Å². The molecular weight excluding hydrogens is 319 g/mol. The third-order valence-corrected chi connectivity index (χ3v) is 3.98. The highest BCUT2D eigenvalue weighted by atomic mass is 35.5. The second-order valence-electron chi connectivity index (χ2n) is 3.81. The van der Waals surface area contributed by atoms with Gasteiger partial charge in [-0.25, -0.2) is 4.79 Å². The Morgan fingerprint density at radius 1 is 1.35 bits per heavy atom. The van der Waals surface area contributed by atoms with Crippen LogP contribution in [0.1, 0.15) is 19.4 Å². The predicted octanol–water partition coefficient (Wildman–Crippen LogP) is 4.22. The molecule has 0 aromatic heterocycles. The van der Waals surface area contributed by atoms with Crippen LogP contribution in [0.15, 0.2) is 23.8 Å². The Labute approximate surface area is 132 Å². The molecule has 0 amide bonds. The average Bonchev–Trinajstić information content (AvgIpc) is 2.39. The van der Waals surface area contributed by atoms with E-state index in [2.05, 4.69) is 0 Å². The lowest BCUT2D eigenvalue weighted by Crippen LogP contribution is -2.10. The molecule has 0 spiro atoms. The molecule has 20 heavy (non-hydrogen) atoms. The third-order valence-electron chi connectivity index (χ3n) is 2.28. The van der Waals surface area contributed by atoms with Gasteiger partial charge in [0.05, 0.1) is 16.7 Å². The Hall–Kier alpha value is -0.970. The van der Waals surface area contributed by atoms with Crippen molar-refractivity contribution in [1.82, 2.24) is 0 Å². The molecule has 108 valence electrons. The van der Waals surface area contributed by atoms with Crippen LogP contribution in [0, 0.1) is 0 Å². The first kappa shape index (κ1) is 17.1. The molecule has 0 aliphatic carbocycles. The van der Waals surface area contributed by atoms with Gasteiger partial charge >= 0.3 is 5.97 Å². The van der Waals surface area contributed by atoms with Crippen molar-refractivity contribution in [2.45, 2.75) is 13.8 Å². The summed E-state index contributed by atoms with van der Waals surface area (Å²) in [4.78, 5) is 22.9. The summed E-state index contributed by atoms with van der Waals surface area (Å²) in [6, 6.07) is 5.14. The predicted molar refractivity (Wildman–Crippen MR) is 84.2 cm³/mol. The van der Waals surface area contributed by atoms with E-state index in [4.69, 9.17) is 27.9 Å². The number of rotatable bonds is 5. The zero-order chi connectivity index (χ0) is 15.1. The molecular formula is C14H14Cl2O3S. The fourth-order valence-corrected chi connectivity index (χ4v) is 2.30. The quantitative estimate of drug-likeness (QED) is 0.598. The number of benzene rings is 1. The number of halogens is 2. The van der Waals surface area contributed by atoms with Crippen molar-refractivity contribution >= 4 is 52.1 Å². The van der Waals surface area contributed by atoms with Crippen molar-refractivity contribution in [2.24, 2.45) is 0 Å². The van der Waals surface area contributed by atoms with Gasteiger partial charge in [-0.15, -0.1) is 0 Å². The summed E-state index contributed by atoms with van der Waals surface area (Å²) in [5, 5.41) is 0.698. The van der Waals surface area contributed by atoms with Gasteiger partial charge in [0.25, 0.3) is 0 Å². The number of carbonyl (C=O) groups excluding carboxylic acids is 2. The molecule has 0 N–H and O–H groups in total. The van der Waals surface area contributed by atoms with Crippen LogP contribution in [-0.2, 0) is 14.3 Å². The number of carbonyl (C=O) groups is 2. The molecule has 0 aliphatic heterocycles. The van der Waals surface area contributed by atoms with Gasteiger partial charge in [-0.05, 0) is 24.6 Å². The van der Waals surface area contributed by atoms with Crippen LogP contribution in [0.4, 0.5) is 0 Å².